The molecule has 7 heteroatoms. The highest BCUT2D eigenvalue weighted by atomic mass is 16.6. The van der Waals surface area contributed by atoms with E-state index in [0.717, 1.165) is 0 Å². The quantitative estimate of drug-likeness (QED) is 0.262. The molecule has 0 saturated carbocycles. The molecular formula is C23H15NO6. The lowest BCUT2D eigenvalue weighted by Crippen LogP contribution is -2.11. The van der Waals surface area contributed by atoms with Gasteiger partial charge in [0.2, 0.25) is 5.78 Å². The molecule has 148 valence electrons. The second-order valence-electron chi connectivity index (χ2n) is 6.53. The zero-order chi connectivity index (χ0) is 21.1. The van der Waals surface area contributed by atoms with Crippen molar-refractivity contribution in [2.24, 2.45) is 0 Å². The molecule has 1 aliphatic heterocycles. The van der Waals surface area contributed by atoms with Gasteiger partial charge in [-0.3, -0.25) is 19.7 Å². The zero-order valence-electron chi connectivity index (χ0n) is 15.6. The molecule has 0 spiro atoms. The van der Waals surface area contributed by atoms with Crippen molar-refractivity contribution in [2.45, 2.75) is 0 Å². The van der Waals surface area contributed by atoms with E-state index >= 15 is 0 Å². The summed E-state index contributed by atoms with van der Waals surface area (Å²) < 4.78 is 11.2. The Kier molecular flexibility index (Phi) is 5.09. The number of ether oxygens (including phenoxy) is 2. The fourth-order valence-electron chi connectivity index (χ4n) is 2.99. The van der Waals surface area contributed by atoms with Crippen LogP contribution in [-0.4, -0.2) is 23.1 Å². The molecule has 0 aliphatic carbocycles. The van der Waals surface area contributed by atoms with Crippen LogP contribution in [0.2, 0.25) is 0 Å². The van der Waals surface area contributed by atoms with E-state index < -0.39 is 4.92 Å². The highest BCUT2D eigenvalue weighted by Gasteiger charge is 2.28. The molecule has 0 N–H and O–H groups in total. The Balaban J connectivity index is 1.49. The van der Waals surface area contributed by atoms with E-state index in [1.165, 1.54) is 24.3 Å². The molecule has 3 aromatic carbocycles. The second kappa shape index (κ2) is 8.00. The Labute approximate surface area is 171 Å². The first-order chi connectivity index (χ1) is 14.5. The normalized spacial score (nSPS) is 13.6. The van der Waals surface area contributed by atoms with E-state index in [2.05, 4.69) is 0 Å². The van der Waals surface area contributed by atoms with E-state index in [9.17, 15) is 19.7 Å². The number of fused-ring (bicyclic) bond motifs is 1. The highest BCUT2D eigenvalue weighted by molar-refractivity contribution is 6.14. The maximum atomic E-state index is 12.6. The molecule has 30 heavy (non-hydrogen) atoms. The molecular weight excluding hydrogens is 386 g/mol. The lowest BCUT2D eigenvalue weighted by atomic mass is 10.1. The maximum absolute atomic E-state index is 12.6. The summed E-state index contributed by atoms with van der Waals surface area (Å²) in [7, 11) is 0. The Bertz CT molecular complexity index is 1180. The molecule has 0 bridgehead atoms. The number of carbonyl (C=O) groups excluding carboxylic acids is 2. The third-order valence-electron chi connectivity index (χ3n) is 4.49. The molecule has 0 fully saturated rings. The van der Waals surface area contributed by atoms with Crippen LogP contribution in [0, 0.1) is 10.1 Å². The number of Topliss-reactive ketones (excluding diaryl/α,β-unsaturated/α-hetero) is 2. The molecule has 0 saturated heterocycles. The number of non-ortho nitro benzene ring substituents is 1. The van der Waals surface area contributed by atoms with Crippen LogP contribution in [0.5, 0.6) is 11.5 Å². The number of hydrogen-bond donors (Lipinski definition) is 0. The molecule has 1 heterocycles. The Morgan fingerprint density at radius 1 is 1.03 bits per heavy atom. The molecule has 0 aromatic heterocycles. The van der Waals surface area contributed by atoms with Crippen LogP contribution >= 0.6 is 0 Å². The van der Waals surface area contributed by atoms with Gasteiger partial charge < -0.3 is 9.47 Å². The molecule has 7 nitrogen and oxygen atoms in total. The zero-order valence-corrected chi connectivity index (χ0v) is 15.6. The lowest BCUT2D eigenvalue weighted by Gasteiger charge is -2.06. The number of benzene rings is 3. The van der Waals surface area contributed by atoms with Crippen molar-refractivity contribution in [3.63, 3.8) is 0 Å². The Morgan fingerprint density at radius 3 is 2.60 bits per heavy atom. The minimum absolute atomic E-state index is 0.0583. The number of nitro groups is 1. The predicted molar refractivity (Wildman–Crippen MR) is 109 cm³/mol. The summed E-state index contributed by atoms with van der Waals surface area (Å²) in [5.74, 6) is 0.259. The van der Waals surface area contributed by atoms with E-state index in [0.29, 0.717) is 28.2 Å². The molecule has 0 amide bonds. The van der Waals surface area contributed by atoms with Gasteiger partial charge in [0, 0.05) is 23.8 Å². The van der Waals surface area contributed by atoms with Gasteiger partial charge in [-0.05, 0) is 23.8 Å². The number of carbonyl (C=O) groups is 2. The van der Waals surface area contributed by atoms with E-state index in [4.69, 9.17) is 9.47 Å². The maximum Gasteiger partial charge on any atom is 0.270 e. The first-order valence-corrected chi connectivity index (χ1v) is 9.05. The minimum Gasteiger partial charge on any atom is -0.485 e. The van der Waals surface area contributed by atoms with Crippen LogP contribution in [0.15, 0.2) is 78.6 Å². The second-order valence-corrected chi connectivity index (χ2v) is 6.53. The van der Waals surface area contributed by atoms with Crippen molar-refractivity contribution < 1.29 is 24.0 Å². The SMILES string of the molecule is O=C(COc1ccc2c(c1)O/C(=C\c1cccc([N+](=O)[O-])c1)C2=O)c1ccccc1. The topological polar surface area (TPSA) is 95.7 Å². The summed E-state index contributed by atoms with van der Waals surface area (Å²) in [5.41, 5.74) is 1.30. The summed E-state index contributed by atoms with van der Waals surface area (Å²) >= 11 is 0. The van der Waals surface area contributed by atoms with E-state index in [-0.39, 0.29) is 29.6 Å². The van der Waals surface area contributed by atoms with Crippen LogP contribution in [0.1, 0.15) is 26.3 Å². The molecule has 0 atom stereocenters. The largest absolute Gasteiger partial charge is 0.485 e. The predicted octanol–water partition coefficient (Wildman–Crippen LogP) is 4.47. The van der Waals surface area contributed by atoms with Gasteiger partial charge in [-0.25, -0.2) is 0 Å². The summed E-state index contributed by atoms with van der Waals surface area (Å²) in [6.45, 7) is -0.146. The molecule has 0 radical (unpaired) electrons. The number of nitrogens with zero attached hydrogens (tertiary/aromatic N) is 1. The minimum atomic E-state index is -0.506. The van der Waals surface area contributed by atoms with Gasteiger partial charge in [-0.2, -0.15) is 0 Å². The van der Waals surface area contributed by atoms with Gasteiger partial charge in [0.25, 0.3) is 5.69 Å². The van der Waals surface area contributed by atoms with Gasteiger partial charge in [0.1, 0.15) is 11.5 Å². The number of ketones is 2. The number of allylic oxidation sites excluding steroid dienone is 1. The van der Waals surface area contributed by atoms with Crippen LogP contribution in [0.3, 0.4) is 0 Å². The molecule has 4 rings (SSSR count). The van der Waals surface area contributed by atoms with Gasteiger partial charge in [0.05, 0.1) is 10.5 Å². The smallest absolute Gasteiger partial charge is 0.270 e. The summed E-state index contributed by atoms with van der Waals surface area (Å²) in [4.78, 5) is 35.1. The lowest BCUT2D eigenvalue weighted by molar-refractivity contribution is -0.384. The third kappa shape index (κ3) is 3.95. The van der Waals surface area contributed by atoms with Crippen LogP contribution in [0.25, 0.3) is 6.08 Å². The first kappa shape index (κ1) is 19.1. The number of hydrogen-bond acceptors (Lipinski definition) is 6. The van der Waals surface area contributed by atoms with Crippen molar-refractivity contribution in [2.75, 3.05) is 6.61 Å². The third-order valence-corrected chi connectivity index (χ3v) is 4.49. The monoisotopic (exact) mass is 401 g/mol. The molecule has 3 aromatic rings. The Hall–Kier alpha value is -4.26. The van der Waals surface area contributed by atoms with E-state index in [1.807, 2.05) is 6.07 Å². The van der Waals surface area contributed by atoms with E-state index in [1.54, 1.807) is 48.5 Å². The first-order valence-electron chi connectivity index (χ1n) is 9.05. The van der Waals surface area contributed by atoms with Crippen molar-refractivity contribution in [3.05, 3.63) is 105 Å². The highest BCUT2D eigenvalue weighted by Crippen LogP contribution is 2.35. The van der Waals surface area contributed by atoms with Gasteiger partial charge >= 0.3 is 0 Å². The van der Waals surface area contributed by atoms with Gasteiger partial charge in [0.15, 0.2) is 18.1 Å². The van der Waals surface area contributed by atoms with Gasteiger partial charge in [-0.1, -0.05) is 42.5 Å². The average Bonchev–Trinajstić information content (AvgIpc) is 3.07. The van der Waals surface area contributed by atoms with Crippen molar-refractivity contribution in [1.82, 2.24) is 0 Å². The Morgan fingerprint density at radius 2 is 1.83 bits per heavy atom. The average molecular weight is 401 g/mol. The van der Waals surface area contributed by atoms with Crippen LogP contribution < -0.4 is 9.47 Å². The fourth-order valence-corrected chi connectivity index (χ4v) is 2.99. The molecule has 0 unspecified atom stereocenters. The van der Waals surface area contributed by atoms with Gasteiger partial charge in [-0.15, -0.1) is 0 Å². The van der Waals surface area contributed by atoms with Crippen molar-refractivity contribution >= 4 is 23.3 Å². The standard InChI is InChI=1S/C23H15NO6/c25-20(16-6-2-1-3-7-16)14-29-18-9-10-19-21(13-18)30-22(23(19)26)12-15-5-4-8-17(11-15)24(27)28/h1-13H,14H2/b22-12-. The summed E-state index contributed by atoms with van der Waals surface area (Å²) in [6, 6.07) is 19.4. The summed E-state index contributed by atoms with van der Waals surface area (Å²) in [5, 5.41) is 10.9. The van der Waals surface area contributed by atoms with Crippen molar-refractivity contribution in [1.29, 1.82) is 0 Å². The van der Waals surface area contributed by atoms with Crippen LogP contribution in [-0.2, 0) is 0 Å². The fraction of sp³-hybridized carbons (Fsp3) is 0.0435. The number of nitro benzene ring substituents is 1. The molecule has 1 aliphatic rings. The van der Waals surface area contributed by atoms with Crippen LogP contribution in [0.4, 0.5) is 5.69 Å². The van der Waals surface area contributed by atoms with Crippen molar-refractivity contribution in [3.8, 4) is 11.5 Å². The number of rotatable bonds is 6. The summed E-state index contributed by atoms with van der Waals surface area (Å²) in [6.07, 6.45) is 1.45.